The summed E-state index contributed by atoms with van der Waals surface area (Å²) in [5.41, 5.74) is 1.07. The SMILES string of the molecule is COC(=O)C1=C(CCc2nccs2)NC(CC(=O)N2CCN(CC3(C#N)CCCCC3)CC2)=C(C(=O)OC)C1c1c(Cl)cccc1Cl. The van der Waals surface area contributed by atoms with Gasteiger partial charge in [0.1, 0.15) is 0 Å². The summed E-state index contributed by atoms with van der Waals surface area (Å²) in [6, 6.07) is 7.55. The van der Waals surface area contributed by atoms with E-state index in [1.807, 2.05) is 5.38 Å². The van der Waals surface area contributed by atoms with Crippen molar-refractivity contribution in [1.29, 1.82) is 5.26 Å². The zero-order valence-electron chi connectivity index (χ0n) is 26.7. The highest BCUT2D eigenvalue weighted by Gasteiger charge is 2.42. The van der Waals surface area contributed by atoms with Crippen LogP contribution in [-0.4, -0.2) is 79.6 Å². The number of dihydropyridines is 1. The molecule has 0 radical (unpaired) electrons. The number of methoxy groups -OCH3 is 2. The molecule has 1 N–H and O–H groups in total. The van der Waals surface area contributed by atoms with Gasteiger partial charge in [-0.25, -0.2) is 14.6 Å². The van der Waals surface area contributed by atoms with E-state index in [0.29, 0.717) is 62.5 Å². The molecular weight excluding hydrogens is 661 g/mol. The van der Waals surface area contributed by atoms with E-state index in [2.05, 4.69) is 21.3 Å². The number of aryl methyl sites for hydroxylation is 1. The number of carbonyl (C=O) groups is 3. The number of nitriles is 1. The maximum absolute atomic E-state index is 13.9. The van der Waals surface area contributed by atoms with Crippen LogP contribution in [0.3, 0.4) is 0 Å². The summed E-state index contributed by atoms with van der Waals surface area (Å²) >= 11 is 14.9. The number of thiazole rings is 1. The topological polar surface area (TPSA) is 125 Å². The second-order valence-electron chi connectivity index (χ2n) is 12.2. The molecule has 0 bridgehead atoms. The van der Waals surface area contributed by atoms with Crippen LogP contribution in [0.5, 0.6) is 0 Å². The number of rotatable bonds is 10. The lowest BCUT2D eigenvalue weighted by molar-refractivity contribution is -0.137. The number of hydrogen-bond acceptors (Lipinski definition) is 10. The molecule has 1 aromatic heterocycles. The highest BCUT2D eigenvalue weighted by Crippen LogP contribution is 2.46. The van der Waals surface area contributed by atoms with E-state index in [1.54, 1.807) is 29.3 Å². The summed E-state index contributed by atoms with van der Waals surface area (Å²) < 4.78 is 10.5. The molecule has 1 unspecified atom stereocenters. The number of aromatic nitrogens is 1. The average molecular weight is 701 g/mol. The van der Waals surface area contributed by atoms with E-state index in [0.717, 1.165) is 30.7 Å². The average Bonchev–Trinajstić information content (AvgIpc) is 3.61. The van der Waals surface area contributed by atoms with Gasteiger partial charge < -0.3 is 19.7 Å². The number of allylic oxidation sites excluding steroid dienone is 1. The summed E-state index contributed by atoms with van der Waals surface area (Å²) in [4.78, 5) is 49.4. The number of piperazine rings is 1. The Hall–Kier alpha value is -3.43. The van der Waals surface area contributed by atoms with Gasteiger partial charge in [-0.05, 0) is 31.4 Å². The predicted octanol–water partition coefficient (Wildman–Crippen LogP) is 5.63. The van der Waals surface area contributed by atoms with Gasteiger partial charge in [-0.1, -0.05) is 48.5 Å². The first kappa shape index (κ1) is 34.9. The van der Waals surface area contributed by atoms with Gasteiger partial charge in [-0.15, -0.1) is 11.3 Å². The van der Waals surface area contributed by atoms with E-state index < -0.39 is 17.9 Å². The Morgan fingerprint density at radius 1 is 1.00 bits per heavy atom. The summed E-state index contributed by atoms with van der Waals surface area (Å²) in [6.45, 7) is 3.04. The monoisotopic (exact) mass is 699 g/mol. The molecule has 3 aliphatic rings. The summed E-state index contributed by atoms with van der Waals surface area (Å²) in [5, 5.41) is 16.5. The molecule has 1 aromatic carbocycles. The largest absolute Gasteiger partial charge is 0.466 e. The first-order valence-electron chi connectivity index (χ1n) is 15.8. The quantitative estimate of drug-likeness (QED) is 0.314. The van der Waals surface area contributed by atoms with Crippen molar-refractivity contribution in [3.8, 4) is 6.07 Å². The maximum Gasteiger partial charge on any atom is 0.336 e. The van der Waals surface area contributed by atoms with Crippen LogP contribution in [0.1, 0.15) is 61.4 Å². The number of esters is 2. The summed E-state index contributed by atoms with van der Waals surface area (Å²) in [5.74, 6) is -2.61. The third kappa shape index (κ3) is 7.83. The fraction of sp³-hybridized carbons (Fsp3) is 0.500. The summed E-state index contributed by atoms with van der Waals surface area (Å²) in [7, 11) is 2.52. The fourth-order valence-electron chi connectivity index (χ4n) is 6.91. The minimum absolute atomic E-state index is 0.0705. The molecular formula is C34H39Cl2N5O5S. The van der Waals surface area contributed by atoms with Gasteiger partial charge in [0, 0.05) is 77.7 Å². The van der Waals surface area contributed by atoms with Crippen molar-refractivity contribution in [3.63, 3.8) is 0 Å². The molecule has 1 saturated carbocycles. The Morgan fingerprint density at radius 2 is 1.64 bits per heavy atom. The first-order chi connectivity index (χ1) is 22.7. The Bertz CT molecular complexity index is 1570. The van der Waals surface area contributed by atoms with Gasteiger partial charge in [-0.3, -0.25) is 9.69 Å². The number of halogens is 2. The van der Waals surface area contributed by atoms with E-state index in [9.17, 15) is 19.6 Å². The summed E-state index contributed by atoms with van der Waals surface area (Å²) in [6.07, 6.45) is 7.60. The number of nitrogens with one attached hydrogen (secondary N) is 1. The Balaban J connectivity index is 1.46. The van der Waals surface area contributed by atoms with Crippen LogP contribution in [0.25, 0.3) is 0 Å². The molecule has 10 nitrogen and oxygen atoms in total. The van der Waals surface area contributed by atoms with Crippen molar-refractivity contribution in [1.82, 2.24) is 20.1 Å². The zero-order chi connectivity index (χ0) is 33.6. The second kappa shape index (κ2) is 15.6. The van der Waals surface area contributed by atoms with E-state index >= 15 is 0 Å². The maximum atomic E-state index is 13.9. The van der Waals surface area contributed by atoms with Crippen LogP contribution in [0.4, 0.5) is 0 Å². The molecule has 1 amide bonds. The molecule has 3 heterocycles. The van der Waals surface area contributed by atoms with Gasteiger partial charge in [0.15, 0.2) is 0 Å². The van der Waals surface area contributed by atoms with Gasteiger partial charge in [0.05, 0.1) is 54.2 Å². The minimum Gasteiger partial charge on any atom is -0.466 e. The third-order valence-electron chi connectivity index (χ3n) is 9.33. The lowest BCUT2D eigenvalue weighted by Crippen LogP contribution is -2.52. The van der Waals surface area contributed by atoms with Crippen LogP contribution in [0.2, 0.25) is 10.0 Å². The Labute approximate surface area is 289 Å². The molecule has 1 saturated heterocycles. The normalized spacial score (nSPS) is 20.0. The highest BCUT2D eigenvalue weighted by molar-refractivity contribution is 7.09. The second-order valence-corrected chi connectivity index (χ2v) is 14.0. The van der Waals surface area contributed by atoms with E-state index in [1.165, 1.54) is 32.0 Å². The molecule has 2 aliphatic heterocycles. The molecule has 0 spiro atoms. The lowest BCUT2D eigenvalue weighted by atomic mass is 9.75. The number of ether oxygens (including phenoxy) is 2. The zero-order valence-corrected chi connectivity index (χ0v) is 29.0. The molecule has 13 heteroatoms. The first-order valence-corrected chi connectivity index (χ1v) is 17.5. The third-order valence-corrected chi connectivity index (χ3v) is 10.8. The van der Waals surface area contributed by atoms with Gasteiger partial charge in [0.2, 0.25) is 5.91 Å². The van der Waals surface area contributed by atoms with Crippen molar-refractivity contribution in [2.75, 3.05) is 46.9 Å². The molecule has 5 rings (SSSR count). The van der Waals surface area contributed by atoms with Crippen LogP contribution >= 0.6 is 34.5 Å². The van der Waals surface area contributed by atoms with Crippen LogP contribution in [0.15, 0.2) is 52.3 Å². The van der Waals surface area contributed by atoms with E-state index in [4.69, 9.17) is 32.7 Å². The fourth-order valence-corrected chi connectivity index (χ4v) is 8.15. The van der Waals surface area contributed by atoms with Crippen LogP contribution in [0, 0.1) is 16.7 Å². The van der Waals surface area contributed by atoms with Gasteiger partial charge >= 0.3 is 11.9 Å². The molecule has 2 aromatic rings. The van der Waals surface area contributed by atoms with Gasteiger partial charge in [0.25, 0.3) is 0 Å². The van der Waals surface area contributed by atoms with E-state index in [-0.39, 0.29) is 38.9 Å². The Kier molecular flexibility index (Phi) is 11.6. The Morgan fingerprint density at radius 3 is 2.21 bits per heavy atom. The molecule has 250 valence electrons. The van der Waals surface area contributed by atoms with Crippen molar-refractivity contribution in [3.05, 3.63) is 72.9 Å². The van der Waals surface area contributed by atoms with Crippen molar-refractivity contribution >= 4 is 52.4 Å². The lowest BCUT2D eigenvalue weighted by Gasteiger charge is -2.40. The van der Waals surface area contributed by atoms with Crippen LogP contribution in [-0.2, 0) is 30.3 Å². The van der Waals surface area contributed by atoms with Crippen molar-refractivity contribution < 1.29 is 23.9 Å². The van der Waals surface area contributed by atoms with Gasteiger partial charge in [-0.2, -0.15) is 5.26 Å². The standard InChI is InChI=1S/C34H39Cl2N5O5S/c1-45-32(43)29-24(9-10-26-38-13-18-47-26)39-25(30(33(44)46-2)31(29)28-22(35)7-6-8-23(28)36)19-27(42)41-16-14-40(15-17-41)21-34(20-37)11-4-3-5-12-34/h6-8,13,18,31,39H,3-5,9-12,14-17,19,21H2,1-2H3. The van der Waals surface area contributed by atoms with Crippen molar-refractivity contribution in [2.24, 2.45) is 5.41 Å². The number of nitrogens with zero attached hydrogens (tertiary/aromatic N) is 4. The number of benzene rings is 1. The molecule has 47 heavy (non-hydrogen) atoms. The van der Waals surface area contributed by atoms with Crippen LogP contribution < -0.4 is 5.32 Å². The van der Waals surface area contributed by atoms with Crippen molar-refractivity contribution in [2.45, 2.75) is 57.3 Å². The number of hydrogen-bond donors (Lipinski definition) is 1. The molecule has 1 aliphatic carbocycles. The molecule has 1 atom stereocenters. The minimum atomic E-state index is -1.05. The molecule has 2 fully saturated rings. The predicted molar refractivity (Wildman–Crippen MR) is 180 cm³/mol. The number of amides is 1. The highest BCUT2D eigenvalue weighted by atomic mass is 35.5. The number of carbonyl (C=O) groups excluding carboxylic acids is 3. The smallest absolute Gasteiger partial charge is 0.336 e.